The van der Waals surface area contributed by atoms with Crippen LogP contribution in [0.3, 0.4) is 0 Å². The highest BCUT2D eigenvalue weighted by atomic mass is 19.1. The molecule has 0 N–H and O–H groups in total. The molecule has 1 atom stereocenters. The molecule has 26 heavy (non-hydrogen) atoms. The van der Waals surface area contributed by atoms with Crippen LogP contribution >= 0.6 is 0 Å². The summed E-state index contributed by atoms with van der Waals surface area (Å²) in [6.07, 6.45) is 5.34. The highest BCUT2D eigenvalue weighted by Crippen LogP contribution is 2.23. The number of carbonyl (C=O) groups excluding carboxylic acids is 1. The number of rotatable bonds is 4. The molecule has 3 aromatic rings. The first-order valence-corrected chi connectivity index (χ1v) is 8.91. The van der Waals surface area contributed by atoms with Gasteiger partial charge in [-0.3, -0.25) is 4.79 Å². The van der Waals surface area contributed by atoms with Gasteiger partial charge in [-0.25, -0.2) is 8.91 Å². The molecule has 6 nitrogen and oxygen atoms in total. The van der Waals surface area contributed by atoms with Crippen LogP contribution in [0.15, 0.2) is 42.6 Å². The standard InChI is InChI=1S/C19H20FN5O/c20-17-6-2-1-5-15(17)8-7-14-4-3-10-24(13-14)19(26)16-9-11-25-18(12-16)21-22-23-25/h1-2,5-6,9,11-12,14H,3-4,7-8,10,13H2/t14-/m1/s1. The summed E-state index contributed by atoms with van der Waals surface area (Å²) in [5.74, 6) is 0.253. The van der Waals surface area contributed by atoms with Crippen molar-refractivity contribution in [3.8, 4) is 0 Å². The van der Waals surface area contributed by atoms with Crippen molar-refractivity contribution in [1.29, 1.82) is 0 Å². The zero-order valence-electron chi connectivity index (χ0n) is 14.4. The van der Waals surface area contributed by atoms with E-state index in [0.717, 1.165) is 31.4 Å². The number of fused-ring (bicyclic) bond motifs is 1. The Labute approximate surface area is 150 Å². The van der Waals surface area contributed by atoms with Crippen LogP contribution in [0.4, 0.5) is 4.39 Å². The lowest BCUT2D eigenvalue weighted by molar-refractivity contribution is 0.0668. The maximum Gasteiger partial charge on any atom is 0.254 e. The van der Waals surface area contributed by atoms with Crippen LogP contribution in [0.25, 0.3) is 5.65 Å². The Morgan fingerprint density at radius 1 is 1.27 bits per heavy atom. The van der Waals surface area contributed by atoms with E-state index in [0.29, 0.717) is 30.1 Å². The second-order valence-electron chi connectivity index (χ2n) is 6.79. The minimum atomic E-state index is -0.147. The highest BCUT2D eigenvalue weighted by Gasteiger charge is 2.25. The van der Waals surface area contributed by atoms with Gasteiger partial charge >= 0.3 is 0 Å². The number of carbonyl (C=O) groups is 1. The summed E-state index contributed by atoms with van der Waals surface area (Å²) in [7, 11) is 0. The van der Waals surface area contributed by atoms with E-state index in [4.69, 9.17) is 0 Å². The number of pyridine rings is 1. The number of amides is 1. The second kappa shape index (κ2) is 7.19. The number of aryl methyl sites for hydroxylation is 1. The van der Waals surface area contributed by atoms with E-state index in [9.17, 15) is 9.18 Å². The lowest BCUT2D eigenvalue weighted by atomic mass is 9.91. The third-order valence-electron chi connectivity index (χ3n) is 5.03. The van der Waals surface area contributed by atoms with E-state index in [1.165, 1.54) is 10.6 Å². The van der Waals surface area contributed by atoms with Crippen LogP contribution in [0, 0.1) is 11.7 Å². The molecule has 1 aliphatic rings. The van der Waals surface area contributed by atoms with Crippen LogP contribution in [-0.4, -0.2) is 43.9 Å². The molecule has 0 aliphatic carbocycles. The van der Waals surface area contributed by atoms with E-state index in [1.807, 2.05) is 17.0 Å². The van der Waals surface area contributed by atoms with Crippen LogP contribution in [0.5, 0.6) is 0 Å². The summed E-state index contributed by atoms with van der Waals surface area (Å²) in [5.41, 5.74) is 1.91. The van der Waals surface area contributed by atoms with Crippen molar-refractivity contribution in [3.63, 3.8) is 0 Å². The number of halogens is 1. The average Bonchev–Trinajstić information content (AvgIpc) is 3.15. The number of hydrogen-bond acceptors (Lipinski definition) is 4. The summed E-state index contributed by atoms with van der Waals surface area (Å²) in [4.78, 5) is 14.7. The number of likely N-dealkylation sites (tertiary alicyclic amines) is 1. The van der Waals surface area contributed by atoms with Crippen LogP contribution < -0.4 is 0 Å². The van der Waals surface area contributed by atoms with Gasteiger partial charge in [-0.15, -0.1) is 5.10 Å². The minimum absolute atomic E-state index is 0.00564. The van der Waals surface area contributed by atoms with E-state index in [-0.39, 0.29) is 11.7 Å². The molecule has 1 saturated heterocycles. The number of tetrazole rings is 1. The van der Waals surface area contributed by atoms with E-state index >= 15 is 0 Å². The molecule has 7 heteroatoms. The van der Waals surface area contributed by atoms with Crippen molar-refractivity contribution in [2.75, 3.05) is 13.1 Å². The fourth-order valence-electron chi connectivity index (χ4n) is 3.60. The van der Waals surface area contributed by atoms with Crippen LogP contribution in [0.2, 0.25) is 0 Å². The van der Waals surface area contributed by atoms with Gasteiger partial charge in [-0.2, -0.15) is 0 Å². The average molecular weight is 353 g/mol. The topological polar surface area (TPSA) is 63.4 Å². The van der Waals surface area contributed by atoms with Crippen LogP contribution in [0.1, 0.15) is 35.2 Å². The molecule has 4 rings (SSSR count). The van der Waals surface area contributed by atoms with Gasteiger partial charge < -0.3 is 4.90 Å². The summed E-state index contributed by atoms with van der Waals surface area (Å²) >= 11 is 0. The Balaban J connectivity index is 1.41. The van der Waals surface area contributed by atoms with Gasteiger partial charge in [0.15, 0.2) is 5.65 Å². The van der Waals surface area contributed by atoms with Gasteiger partial charge in [-0.05, 0) is 65.8 Å². The molecule has 0 radical (unpaired) electrons. The molecule has 0 spiro atoms. The van der Waals surface area contributed by atoms with Gasteiger partial charge in [0.25, 0.3) is 5.91 Å². The van der Waals surface area contributed by atoms with Gasteiger partial charge in [0.2, 0.25) is 0 Å². The summed E-state index contributed by atoms with van der Waals surface area (Å²) in [6.45, 7) is 1.47. The minimum Gasteiger partial charge on any atom is -0.338 e. The normalized spacial score (nSPS) is 17.6. The fourth-order valence-corrected chi connectivity index (χ4v) is 3.60. The summed E-state index contributed by atoms with van der Waals surface area (Å²) in [6, 6.07) is 10.4. The zero-order chi connectivity index (χ0) is 17.9. The zero-order valence-corrected chi connectivity index (χ0v) is 14.4. The van der Waals surface area contributed by atoms with Crippen molar-refractivity contribution < 1.29 is 9.18 Å². The third kappa shape index (κ3) is 3.42. The van der Waals surface area contributed by atoms with Crippen molar-refractivity contribution in [2.24, 2.45) is 5.92 Å². The molecule has 1 aromatic carbocycles. The number of benzene rings is 1. The van der Waals surface area contributed by atoms with Crippen molar-refractivity contribution >= 4 is 11.6 Å². The fraction of sp³-hybridized carbons (Fsp3) is 0.368. The predicted molar refractivity (Wildman–Crippen MR) is 94.1 cm³/mol. The van der Waals surface area contributed by atoms with Crippen LogP contribution in [-0.2, 0) is 6.42 Å². The molecule has 1 fully saturated rings. The highest BCUT2D eigenvalue weighted by molar-refractivity contribution is 5.95. The monoisotopic (exact) mass is 353 g/mol. The van der Waals surface area contributed by atoms with E-state index in [1.54, 1.807) is 24.4 Å². The first-order valence-electron chi connectivity index (χ1n) is 8.91. The largest absolute Gasteiger partial charge is 0.338 e. The maximum absolute atomic E-state index is 13.8. The number of hydrogen-bond donors (Lipinski definition) is 0. The lowest BCUT2D eigenvalue weighted by Crippen LogP contribution is -2.40. The Bertz CT molecular complexity index is 925. The van der Waals surface area contributed by atoms with E-state index in [2.05, 4.69) is 15.5 Å². The number of nitrogens with zero attached hydrogens (tertiary/aromatic N) is 5. The number of aromatic nitrogens is 4. The number of piperidine rings is 1. The first kappa shape index (κ1) is 16.6. The first-order chi connectivity index (χ1) is 12.7. The Kier molecular flexibility index (Phi) is 4.60. The Hall–Kier alpha value is -2.83. The van der Waals surface area contributed by atoms with Crippen molar-refractivity contribution in [3.05, 3.63) is 59.5 Å². The summed E-state index contributed by atoms with van der Waals surface area (Å²) in [5, 5.41) is 11.3. The molecule has 0 saturated carbocycles. The molecular formula is C19H20FN5O. The Morgan fingerprint density at radius 3 is 3.04 bits per heavy atom. The van der Waals surface area contributed by atoms with Gasteiger partial charge in [0.1, 0.15) is 5.82 Å². The van der Waals surface area contributed by atoms with Gasteiger partial charge in [-0.1, -0.05) is 18.2 Å². The molecule has 134 valence electrons. The molecule has 1 aliphatic heterocycles. The smallest absolute Gasteiger partial charge is 0.254 e. The van der Waals surface area contributed by atoms with Gasteiger partial charge in [0, 0.05) is 24.8 Å². The third-order valence-corrected chi connectivity index (χ3v) is 5.03. The molecule has 2 aromatic heterocycles. The van der Waals surface area contributed by atoms with Crippen molar-refractivity contribution in [2.45, 2.75) is 25.7 Å². The predicted octanol–water partition coefficient (Wildman–Crippen LogP) is 2.75. The SMILES string of the molecule is O=C(c1ccn2nnnc2c1)N1CCC[C@H](CCc2ccccc2F)C1. The van der Waals surface area contributed by atoms with Crippen molar-refractivity contribution in [1.82, 2.24) is 24.9 Å². The van der Waals surface area contributed by atoms with E-state index < -0.39 is 0 Å². The molecular weight excluding hydrogens is 333 g/mol. The second-order valence-corrected chi connectivity index (χ2v) is 6.79. The molecule has 0 bridgehead atoms. The Morgan fingerprint density at radius 2 is 2.15 bits per heavy atom. The van der Waals surface area contributed by atoms with Gasteiger partial charge in [0.05, 0.1) is 0 Å². The maximum atomic E-state index is 13.8. The lowest BCUT2D eigenvalue weighted by Gasteiger charge is -2.33. The molecule has 1 amide bonds. The molecule has 3 heterocycles. The quantitative estimate of drug-likeness (QED) is 0.723. The summed E-state index contributed by atoms with van der Waals surface area (Å²) < 4.78 is 15.3. The molecule has 0 unspecified atom stereocenters.